The second-order valence-corrected chi connectivity index (χ2v) is 4.74. The van der Waals surface area contributed by atoms with E-state index in [1.54, 1.807) is 6.26 Å². The number of halogens is 1. The second-order valence-electron chi connectivity index (χ2n) is 4.74. The van der Waals surface area contributed by atoms with E-state index >= 15 is 0 Å². The van der Waals surface area contributed by atoms with Crippen LogP contribution >= 0.6 is 24.0 Å². The van der Waals surface area contributed by atoms with Gasteiger partial charge in [0, 0.05) is 18.7 Å². The molecule has 5 nitrogen and oxygen atoms in total. The van der Waals surface area contributed by atoms with Crippen LogP contribution in [0, 0.1) is 6.92 Å². The van der Waals surface area contributed by atoms with Crippen molar-refractivity contribution in [3.05, 3.63) is 41.8 Å². The molecule has 0 radical (unpaired) electrons. The van der Waals surface area contributed by atoms with E-state index in [4.69, 9.17) is 4.42 Å². The lowest BCUT2D eigenvalue weighted by atomic mass is 10.1. The van der Waals surface area contributed by atoms with Crippen molar-refractivity contribution in [2.24, 2.45) is 4.99 Å². The molecule has 0 saturated carbocycles. The Hall–Kier alpha value is -1.57. The first-order valence-corrected chi connectivity index (χ1v) is 7.26. The second kappa shape index (κ2) is 9.45. The summed E-state index contributed by atoms with van der Waals surface area (Å²) >= 11 is 0. The number of aromatic nitrogens is 1. The Morgan fingerprint density at radius 3 is 2.36 bits per heavy atom. The lowest BCUT2D eigenvalue weighted by molar-refractivity contribution is 0.572. The molecule has 1 aromatic carbocycles. The number of oxazole rings is 1. The highest BCUT2D eigenvalue weighted by Crippen LogP contribution is 2.19. The number of guanidine groups is 1. The first-order chi connectivity index (χ1) is 10.2. The van der Waals surface area contributed by atoms with Crippen LogP contribution in [-0.4, -0.2) is 24.0 Å². The molecule has 1 aromatic heterocycles. The van der Waals surface area contributed by atoms with Crippen LogP contribution in [-0.2, 0) is 6.54 Å². The van der Waals surface area contributed by atoms with Gasteiger partial charge in [0.15, 0.2) is 5.96 Å². The van der Waals surface area contributed by atoms with E-state index in [2.05, 4.69) is 27.5 Å². The van der Waals surface area contributed by atoms with Gasteiger partial charge in [0.2, 0.25) is 5.89 Å². The fourth-order valence-electron chi connectivity index (χ4n) is 1.88. The van der Waals surface area contributed by atoms with Gasteiger partial charge in [0.1, 0.15) is 12.0 Å². The highest BCUT2D eigenvalue weighted by molar-refractivity contribution is 14.0. The smallest absolute Gasteiger partial charge is 0.226 e. The first kappa shape index (κ1) is 18.5. The number of aliphatic imine (C=N–C) groups is 1. The highest BCUT2D eigenvalue weighted by Gasteiger charge is 2.06. The largest absolute Gasteiger partial charge is 0.444 e. The summed E-state index contributed by atoms with van der Waals surface area (Å²) in [6, 6.07) is 8.12. The molecule has 0 aliphatic carbocycles. The van der Waals surface area contributed by atoms with Gasteiger partial charge in [-0.05, 0) is 32.9 Å². The highest BCUT2D eigenvalue weighted by atomic mass is 127. The number of hydrogen-bond donors (Lipinski definition) is 2. The third-order valence-corrected chi connectivity index (χ3v) is 2.94. The molecule has 2 N–H and O–H groups in total. The summed E-state index contributed by atoms with van der Waals surface area (Å²) in [5.41, 5.74) is 3.02. The summed E-state index contributed by atoms with van der Waals surface area (Å²) in [6.45, 7) is 8.29. The lowest BCUT2D eigenvalue weighted by Crippen LogP contribution is -2.36. The minimum Gasteiger partial charge on any atom is -0.444 e. The molecule has 2 rings (SSSR count). The monoisotopic (exact) mass is 414 g/mol. The summed E-state index contributed by atoms with van der Waals surface area (Å²) in [6.07, 6.45) is 1.66. The van der Waals surface area contributed by atoms with Crippen LogP contribution in [0.25, 0.3) is 11.5 Å². The van der Waals surface area contributed by atoms with Crippen molar-refractivity contribution in [3.63, 3.8) is 0 Å². The molecule has 0 unspecified atom stereocenters. The van der Waals surface area contributed by atoms with Gasteiger partial charge in [-0.2, -0.15) is 0 Å². The summed E-state index contributed by atoms with van der Waals surface area (Å²) in [7, 11) is 0. The molecule has 0 fully saturated rings. The number of nitrogens with zero attached hydrogens (tertiary/aromatic N) is 2. The summed E-state index contributed by atoms with van der Waals surface area (Å²) in [5, 5.41) is 6.36. The van der Waals surface area contributed by atoms with Crippen LogP contribution in [0.5, 0.6) is 0 Å². The molecule has 22 heavy (non-hydrogen) atoms. The van der Waals surface area contributed by atoms with Gasteiger partial charge in [-0.3, -0.25) is 0 Å². The van der Waals surface area contributed by atoms with Crippen LogP contribution in [0.15, 0.2) is 39.9 Å². The van der Waals surface area contributed by atoms with E-state index in [0.29, 0.717) is 12.4 Å². The van der Waals surface area contributed by atoms with Crippen LogP contribution < -0.4 is 10.6 Å². The molecule has 1 heterocycles. The predicted molar refractivity (Wildman–Crippen MR) is 101 cm³/mol. The lowest BCUT2D eigenvalue weighted by Gasteiger charge is -2.08. The van der Waals surface area contributed by atoms with Gasteiger partial charge in [0.25, 0.3) is 0 Å². The van der Waals surface area contributed by atoms with Gasteiger partial charge in [-0.15, -0.1) is 24.0 Å². The van der Waals surface area contributed by atoms with Crippen LogP contribution in [0.2, 0.25) is 0 Å². The van der Waals surface area contributed by atoms with Crippen molar-refractivity contribution < 1.29 is 4.42 Å². The third kappa shape index (κ3) is 5.32. The fourth-order valence-corrected chi connectivity index (χ4v) is 1.88. The number of rotatable bonds is 5. The maximum atomic E-state index is 5.52. The normalized spacial score (nSPS) is 9.77. The molecule has 6 heteroatoms. The fraction of sp³-hybridized carbons (Fsp3) is 0.375. The maximum absolute atomic E-state index is 5.52. The van der Waals surface area contributed by atoms with Gasteiger partial charge >= 0.3 is 0 Å². The van der Waals surface area contributed by atoms with E-state index in [9.17, 15) is 0 Å². The molecule has 0 bridgehead atoms. The molecular formula is C16H23IN4O. The first-order valence-electron chi connectivity index (χ1n) is 7.26. The maximum Gasteiger partial charge on any atom is 0.226 e. The summed E-state index contributed by atoms with van der Waals surface area (Å²) in [4.78, 5) is 8.94. The van der Waals surface area contributed by atoms with Crippen molar-refractivity contribution in [2.75, 3.05) is 13.1 Å². The Labute approximate surface area is 148 Å². The van der Waals surface area contributed by atoms with Gasteiger partial charge < -0.3 is 15.1 Å². The molecule has 2 aromatic rings. The molecule has 0 saturated heterocycles. The average Bonchev–Trinajstić information content (AvgIpc) is 2.95. The molecule has 0 atom stereocenters. The molecule has 0 aliphatic rings. The SMILES string of the molecule is CCNC(=NCc1coc(-c2ccc(C)cc2)n1)NCC.I. The molecule has 0 amide bonds. The minimum absolute atomic E-state index is 0. The van der Waals surface area contributed by atoms with Gasteiger partial charge in [-0.1, -0.05) is 17.7 Å². The molecular weight excluding hydrogens is 391 g/mol. The Morgan fingerprint density at radius 2 is 1.77 bits per heavy atom. The standard InChI is InChI=1S/C16H22N4O.HI/c1-4-17-16(18-5-2)19-10-14-11-21-15(20-14)13-8-6-12(3)7-9-13;/h6-9,11H,4-5,10H2,1-3H3,(H2,17,18,19);1H. The van der Waals surface area contributed by atoms with E-state index in [1.165, 1.54) is 5.56 Å². The molecule has 0 aliphatic heterocycles. The molecule has 0 spiro atoms. The number of benzene rings is 1. The zero-order valence-electron chi connectivity index (χ0n) is 13.2. The van der Waals surface area contributed by atoms with Crippen molar-refractivity contribution in [2.45, 2.75) is 27.3 Å². The Bertz CT molecular complexity index is 584. The van der Waals surface area contributed by atoms with Crippen molar-refractivity contribution in [1.29, 1.82) is 0 Å². The predicted octanol–water partition coefficient (Wildman–Crippen LogP) is 3.34. The third-order valence-electron chi connectivity index (χ3n) is 2.94. The minimum atomic E-state index is 0. The molecule has 120 valence electrons. The van der Waals surface area contributed by atoms with E-state index in [0.717, 1.165) is 30.3 Å². The zero-order chi connectivity index (χ0) is 15.1. The quantitative estimate of drug-likeness (QED) is 0.448. The number of nitrogens with one attached hydrogen (secondary N) is 2. The van der Waals surface area contributed by atoms with Gasteiger partial charge in [-0.25, -0.2) is 9.98 Å². The van der Waals surface area contributed by atoms with Crippen molar-refractivity contribution >= 4 is 29.9 Å². The van der Waals surface area contributed by atoms with Crippen LogP contribution in [0.4, 0.5) is 0 Å². The summed E-state index contributed by atoms with van der Waals surface area (Å²) in [5.74, 6) is 1.42. The van der Waals surface area contributed by atoms with Crippen molar-refractivity contribution in [3.8, 4) is 11.5 Å². The van der Waals surface area contributed by atoms with Gasteiger partial charge in [0.05, 0.1) is 6.54 Å². The van der Waals surface area contributed by atoms with Crippen LogP contribution in [0.3, 0.4) is 0 Å². The van der Waals surface area contributed by atoms with Crippen molar-refractivity contribution in [1.82, 2.24) is 15.6 Å². The zero-order valence-corrected chi connectivity index (χ0v) is 15.5. The number of aryl methyl sites for hydroxylation is 1. The Morgan fingerprint density at radius 1 is 1.14 bits per heavy atom. The Kier molecular flexibility index (Phi) is 7.94. The average molecular weight is 414 g/mol. The Balaban J connectivity index is 0.00000242. The number of hydrogen-bond acceptors (Lipinski definition) is 3. The van der Waals surface area contributed by atoms with E-state index in [1.807, 2.05) is 38.1 Å². The van der Waals surface area contributed by atoms with E-state index < -0.39 is 0 Å². The van der Waals surface area contributed by atoms with Crippen LogP contribution in [0.1, 0.15) is 25.1 Å². The van der Waals surface area contributed by atoms with E-state index in [-0.39, 0.29) is 24.0 Å². The summed E-state index contributed by atoms with van der Waals surface area (Å²) < 4.78 is 5.52. The topological polar surface area (TPSA) is 62.5 Å².